The van der Waals surface area contributed by atoms with Crippen molar-refractivity contribution >= 4 is 21.7 Å². The third-order valence-corrected chi connectivity index (χ3v) is 6.99. The highest BCUT2D eigenvalue weighted by Gasteiger charge is 2.28. The number of carbonyl (C=O) groups excluding carboxylic acids is 1. The van der Waals surface area contributed by atoms with Gasteiger partial charge < -0.3 is 10.1 Å². The molecule has 1 aliphatic heterocycles. The van der Waals surface area contributed by atoms with Crippen molar-refractivity contribution in [1.29, 1.82) is 0 Å². The highest BCUT2D eigenvalue weighted by atomic mass is 32.2. The molecule has 9 heteroatoms. The number of rotatable bonds is 4. The molecule has 0 spiro atoms. The number of morpholine rings is 1. The molecule has 0 radical (unpaired) electrons. The van der Waals surface area contributed by atoms with Crippen LogP contribution in [-0.4, -0.2) is 54.7 Å². The highest BCUT2D eigenvalue weighted by molar-refractivity contribution is 7.89. The second kappa shape index (κ2) is 8.37. The molecule has 1 aliphatic rings. The zero-order valence-corrected chi connectivity index (χ0v) is 19.9. The molecule has 1 N–H and O–H groups in total. The van der Waals surface area contributed by atoms with Crippen molar-refractivity contribution < 1.29 is 17.9 Å². The van der Waals surface area contributed by atoms with Gasteiger partial charge in [0.2, 0.25) is 10.0 Å². The van der Waals surface area contributed by atoms with Gasteiger partial charge in [-0.25, -0.2) is 13.1 Å². The van der Waals surface area contributed by atoms with Crippen molar-refractivity contribution in [2.24, 2.45) is 0 Å². The van der Waals surface area contributed by atoms with Crippen LogP contribution in [0.15, 0.2) is 35.2 Å². The number of hydrogen-bond acceptors (Lipinski definition) is 5. The predicted octanol–water partition coefficient (Wildman–Crippen LogP) is 3.21. The first kappa shape index (κ1) is 23.4. The third-order valence-electron chi connectivity index (χ3n) is 5.08. The number of carbonyl (C=O) groups is 1. The summed E-state index contributed by atoms with van der Waals surface area (Å²) in [6, 6.07) is 7.90. The van der Waals surface area contributed by atoms with E-state index in [9.17, 15) is 13.2 Å². The van der Waals surface area contributed by atoms with E-state index in [1.165, 1.54) is 28.6 Å². The van der Waals surface area contributed by atoms with Crippen molar-refractivity contribution in [2.45, 2.75) is 57.4 Å². The van der Waals surface area contributed by atoms with Crippen LogP contribution in [0, 0.1) is 0 Å². The molecule has 2 aromatic rings. The molecule has 1 amide bonds. The van der Waals surface area contributed by atoms with Gasteiger partial charge in [0.05, 0.1) is 29.3 Å². The number of nitrogens with one attached hydrogen (secondary N) is 1. The first-order valence-electron chi connectivity index (χ1n) is 10.4. The summed E-state index contributed by atoms with van der Waals surface area (Å²) in [6.07, 6.45) is 0. The minimum Gasteiger partial charge on any atom is -0.379 e. The second-order valence-corrected chi connectivity index (χ2v) is 11.7. The molecule has 0 saturated carbocycles. The Morgan fingerprint density at radius 2 is 1.61 bits per heavy atom. The van der Waals surface area contributed by atoms with E-state index in [4.69, 9.17) is 9.84 Å². The maximum absolute atomic E-state index is 12.9. The van der Waals surface area contributed by atoms with Gasteiger partial charge in [0.15, 0.2) is 0 Å². The van der Waals surface area contributed by atoms with E-state index in [2.05, 4.69) is 26.1 Å². The lowest BCUT2D eigenvalue weighted by molar-refractivity contribution is 0.0730. The van der Waals surface area contributed by atoms with Gasteiger partial charge in [0.1, 0.15) is 5.82 Å². The van der Waals surface area contributed by atoms with Crippen LogP contribution in [0.4, 0.5) is 5.82 Å². The predicted molar refractivity (Wildman–Crippen MR) is 120 cm³/mol. The molecule has 3 rings (SSSR count). The summed E-state index contributed by atoms with van der Waals surface area (Å²) in [4.78, 5) is 13.1. The summed E-state index contributed by atoms with van der Waals surface area (Å²) >= 11 is 0. The van der Waals surface area contributed by atoms with Gasteiger partial charge in [-0.05, 0) is 45.0 Å². The molecule has 170 valence electrons. The standard InChI is InChI=1S/C22H32N4O4S/c1-21(2,3)18-15-19(26(24-18)22(4,5)6)23-20(27)16-7-9-17(10-8-16)31(28,29)25-11-13-30-14-12-25/h7-10,15H,11-14H2,1-6H3,(H,23,27). The first-order valence-corrected chi connectivity index (χ1v) is 11.8. The van der Waals surface area contributed by atoms with Crippen LogP contribution >= 0.6 is 0 Å². The number of nitrogens with zero attached hydrogens (tertiary/aromatic N) is 3. The van der Waals surface area contributed by atoms with Crippen molar-refractivity contribution in [1.82, 2.24) is 14.1 Å². The fraction of sp³-hybridized carbons (Fsp3) is 0.545. The fourth-order valence-corrected chi connectivity index (χ4v) is 4.66. The van der Waals surface area contributed by atoms with Gasteiger partial charge in [-0.2, -0.15) is 9.40 Å². The zero-order valence-electron chi connectivity index (χ0n) is 19.1. The van der Waals surface area contributed by atoms with Gasteiger partial charge >= 0.3 is 0 Å². The lowest BCUT2D eigenvalue weighted by Crippen LogP contribution is -2.40. The van der Waals surface area contributed by atoms with Gasteiger partial charge in [0.25, 0.3) is 5.91 Å². The Morgan fingerprint density at radius 1 is 1.03 bits per heavy atom. The van der Waals surface area contributed by atoms with Gasteiger partial charge in [-0.3, -0.25) is 4.79 Å². The number of sulfonamides is 1. The average Bonchev–Trinajstić information content (AvgIpc) is 3.13. The molecule has 1 saturated heterocycles. The van der Waals surface area contributed by atoms with Crippen LogP contribution in [0.5, 0.6) is 0 Å². The van der Waals surface area contributed by atoms with E-state index in [-0.39, 0.29) is 21.8 Å². The van der Waals surface area contributed by atoms with Crippen molar-refractivity contribution in [3.05, 3.63) is 41.6 Å². The molecular formula is C22H32N4O4S. The first-order chi connectivity index (χ1) is 14.3. The molecule has 31 heavy (non-hydrogen) atoms. The number of hydrogen-bond donors (Lipinski definition) is 1. The Kier molecular flexibility index (Phi) is 6.32. The Labute approximate surface area is 184 Å². The fourth-order valence-electron chi connectivity index (χ4n) is 3.25. The number of benzene rings is 1. The number of amides is 1. The largest absolute Gasteiger partial charge is 0.379 e. The SMILES string of the molecule is CC(C)(C)c1cc(NC(=O)c2ccc(S(=O)(=O)N3CCOCC3)cc2)n(C(C)(C)C)n1. The molecule has 0 unspecified atom stereocenters. The van der Waals surface area contributed by atoms with Crippen molar-refractivity contribution in [3.8, 4) is 0 Å². The van der Waals surface area contributed by atoms with Crippen LogP contribution in [0.3, 0.4) is 0 Å². The maximum atomic E-state index is 12.9. The van der Waals surface area contributed by atoms with Crippen molar-refractivity contribution in [2.75, 3.05) is 31.6 Å². The number of anilines is 1. The van der Waals surface area contributed by atoms with Gasteiger partial charge in [-0.1, -0.05) is 20.8 Å². The molecule has 1 aromatic heterocycles. The molecule has 0 bridgehead atoms. The third kappa shape index (κ3) is 5.16. The molecule has 0 aliphatic carbocycles. The van der Waals surface area contributed by atoms with Crippen LogP contribution in [0.25, 0.3) is 0 Å². The lowest BCUT2D eigenvalue weighted by Gasteiger charge is -2.26. The summed E-state index contributed by atoms with van der Waals surface area (Å²) < 4.78 is 34.0. The van der Waals surface area contributed by atoms with E-state index in [1.807, 2.05) is 31.5 Å². The monoisotopic (exact) mass is 448 g/mol. The molecule has 1 fully saturated rings. The highest BCUT2D eigenvalue weighted by Crippen LogP contribution is 2.28. The minimum atomic E-state index is -3.59. The average molecular weight is 449 g/mol. The number of aromatic nitrogens is 2. The van der Waals surface area contributed by atoms with Crippen LogP contribution in [0.2, 0.25) is 0 Å². The quantitative estimate of drug-likeness (QED) is 0.775. The summed E-state index contributed by atoms with van der Waals surface area (Å²) in [6.45, 7) is 13.7. The van der Waals surface area contributed by atoms with Crippen LogP contribution in [0.1, 0.15) is 57.6 Å². The summed E-state index contributed by atoms with van der Waals surface area (Å²) in [5.41, 5.74) is 0.776. The normalized spacial score (nSPS) is 16.3. The molecular weight excluding hydrogens is 416 g/mol. The summed E-state index contributed by atoms with van der Waals surface area (Å²) in [5.74, 6) is 0.286. The van der Waals surface area contributed by atoms with E-state index in [0.717, 1.165) is 5.69 Å². The summed E-state index contributed by atoms with van der Waals surface area (Å²) in [5, 5.41) is 7.64. The van der Waals surface area contributed by atoms with Gasteiger partial charge in [0, 0.05) is 30.1 Å². The summed E-state index contributed by atoms with van der Waals surface area (Å²) in [7, 11) is -3.59. The van der Waals surface area contributed by atoms with Crippen LogP contribution < -0.4 is 5.32 Å². The van der Waals surface area contributed by atoms with Crippen molar-refractivity contribution in [3.63, 3.8) is 0 Å². The molecule has 2 heterocycles. The maximum Gasteiger partial charge on any atom is 0.256 e. The van der Waals surface area contributed by atoms with Gasteiger partial charge in [-0.15, -0.1) is 0 Å². The Bertz CT molecular complexity index is 1040. The molecule has 1 aromatic carbocycles. The van der Waals surface area contributed by atoms with E-state index >= 15 is 0 Å². The van der Waals surface area contributed by atoms with E-state index in [1.54, 1.807) is 0 Å². The zero-order chi connectivity index (χ0) is 23.0. The Balaban J connectivity index is 1.82. The Morgan fingerprint density at radius 3 is 2.13 bits per heavy atom. The smallest absolute Gasteiger partial charge is 0.256 e. The van der Waals surface area contributed by atoms with E-state index < -0.39 is 10.0 Å². The molecule has 8 nitrogen and oxygen atoms in total. The minimum absolute atomic E-state index is 0.161. The Hall–Kier alpha value is -2.23. The molecule has 0 atom stereocenters. The van der Waals surface area contributed by atoms with Crippen LogP contribution in [-0.2, 0) is 25.7 Å². The number of ether oxygens (including phenoxy) is 1. The lowest BCUT2D eigenvalue weighted by atomic mass is 9.92. The second-order valence-electron chi connectivity index (χ2n) is 9.74. The van der Waals surface area contributed by atoms with E-state index in [0.29, 0.717) is 37.7 Å². The topological polar surface area (TPSA) is 93.5 Å².